The van der Waals surface area contributed by atoms with Crippen LogP contribution in [0.4, 0.5) is 8.78 Å². The molecule has 0 radical (unpaired) electrons. The molecule has 1 heterocycles. The van der Waals surface area contributed by atoms with Gasteiger partial charge in [-0.2, -0.15) is 0 Å². The van der Waals surface area contributed by atoms with Crippen molar-refractivity contribution in [1.82, 2.24) is 5.32 Å². The van der Waals surface area contributed by atoms with Gasteiger partial charge in [0.1, 0.15) is 5.75 Å². The fourth-order valence-corrected chi connectivity index (χ4v) is 2.59. The van der Waals surface area contributed by atoms with Gasteiger partial charge in [-0.1, -0.05) is 26.3 Å². The van der Waals surface area contributed by atoms with Crippen LogP contribution in [-0.2, 0) is 0 Å². The molecule has 106 valence electrons. The van der Waals surface area contributed by atoms with E-state index in [1.165, 1.54) is 6.07 Å². The molecule has 0 spiro atoms. The summed E-state index contributed by atoms with van der Waals surface area (Å²) < 4.78 is 26.1. The minimum atomic E-state index is -2.64. The van der Waals surface area contributed by atoms with Gasteiger partial charge in [-0.05, 0) is 36.9 Å². The average Bonchev–Trinajstić information content (AvgIpc) is 2.39. The Morgan fingerprint density at radius 2 is 2.00 bits per heavy atom. The number of hydrogen-bond acceptors (Lipinski definition) is 2. The van der Waals surface area contributed by atoms with Crippen molar-refractivity contribution in [3.63, 3.8) is 0 Å². The molecule has 19 heavy (non-hydrogen) atoms. The second-order valence-electron chi connectivity index (χ2n) is 5.51. The van der Waals surface area contributed by atoms with Gasteiger partial charge in [0.25, 0.3) is 6.43 Å². The second-order valence-corrected chi connectivity index (χ2v) is 5.51. The summed E-state index contributed by atoms with van der Waals surface area (Å²) in [6.45, 7) is 4.82. The number of alkyl halides is 2. The van der Waals surface area contributed by atoms with Crippen LogP contribution < -0.4 is 5.32 Å². The lowest BCUT2D eigenvalue weighted by atomic mass is 9.90. The molecule has 0 saturated carbocycles. The zero-order chi connectivity index (χ0) is 14.0. The van der Waals surface area contributed by atoms with Crippen molar-refractivity contribution < 1.29 is 13.9 Å². The standard InChI is InChI=1S/C15H21F2NO/c1-9(2)10-7-11(13-5-3-4-6-18-13)14(19)12(8-10)15(16)17/h7-9,13,15,18-19H,3-6H2,1-2H3. The summed E-state index contributed by atoms with van der Waals surface area (Å²) in [6, 6.07) is 3.29. The zero-order valence-electron chi connectivity index (χ0n) is 11.4. The number of aromatic hydroxyl groups is 1. The highest BCUT2D eigenvalue weighted by molar-refractivity contribution is 5.47. The largest absolute Gasteiger partial charge is 0.507 e. The van der Waals surface area contributed by atoms with E-state index < -0.39 is 6.43 Å². The Morgan fingerprint density at radius 3 is 2.53 bits per heavy atom. The van der Waals surface area contributed by atoms with Crippen LogP contribution in [0.15, 0.2) is 12.1 Å². The second kappa shape index (κ2) is 5.87. The zero-order valence-corrected chi connectivity index (χ0v) is 11.4. The minimum Gasteiger partial charge on any atom is -0.507 e. The van der Waals surface area contributed by atoms with E-state index in [-0.39, 0.29) is 23.3 Å². The van der Waals surface area contributed by atoms with E-state index in [4.69, 9.17) is 0 Å². The van der Waals surface area contributed by atoms with Crippen LogP contribution in [0.2, 0.25) is 0 Å². The summed E-state index contributed by atoms with van der Waals surface area (Å²) in [5.41, 5.74) is 1.24. The number of nitrogens with one attached hydrogen (secondary N) is 1. The van der Waals surface area contributed by atoms with E-state index in [1.807, 2.05) is 19.9 Å². The van der Waals surface area contributed by atoms with Crippen LogP contribution in [0.3, 0.4) is 0 Å². The Labute approximate surface area is 112 Å². The predicted molar refractivity (Wildman–Crippen MR) is 71.7 cm³/mol. The van der Waals surface area contributed by atoms with Crippen molar-refractivity contribution in [2.45, 2.75) is 51.5 Å². The van der Waals surface area contributed by atoms with E-state index >= 15 is 0 Å². The lowest BCUT2D eigenvalue weighted by Crippen LogP contribution is -2.27. The van der Waals surface area contributed by atoms with Crippen molar-refractivity contribution in [2.24, 2.45) is 0 Å². The number of halogens is 2. The molecule has 1 aromatic rings. The molecule has 0 amide bonds. The quantitative estimate of drug-likeness (QED) is 0.859. The lowest BCUT2D eigenvalue weighted by molar-refractivity contribution is 0.147. The van der Waals surface area contributed by atoms with Gasteiger partial charge in [0, 0.05) is 11.6 Å². The van der Waals surface area contributed by atoms with E-state index in [0.29, 0.717) is 5.56 Å². The molecule has 0 bridgehead atoms. The van der Waals surface area contributed by atoms with Gasteiger partial charge in [-0.3, -0.25) is 0 Å². The molecule has 1 aromatic carbocycles. The summed E-state index contributed by atoms with van der Waals surface area (Å²) in [7, 11) is 0. The highest BCUT2D eigenvalue weighted by Gasteiger charge is 2.24. The summed E-state index contributed by atoms with van der Waals surface area (Å²) in [6.07, 6.45) is 0.411. The van der Waals surface area contributed by atoms with Gasteiger partial charge in [-0.25, -0.2) is 8.78 Å². The summed E-state index contributed by atoms with van der Waals surface area (Å²) in [4.78, 5) is 0. The molecule has 1 aliphatic heterocycles. The Balaban J connectivity index is 2.45. The summed E-state index contributed by atoms with van der Waals surface area (Å²) >= 11 is 0. The Kier molecular flexibility index (Phi) is 4.40. The predicted octanol–water partition coefficient (Wildman–Crippen LogP) is 4.27. The third-order valence-corrected chi connectivity index (χ3v) is 3.78. The van der Waals surface area contributed by atoms with E-state index in [1.54, 1.807) is 0 Å². The van der Waals surface area contributed by atoms with Gasteiger partial charge in [0.05, 0.1) is 5.56 Å². The number of phenolic OH excluding ortho intramolecular Hbond substituents is 1. The molecule has 1 aliphatic rings. The molecular weight excluding hydrogens is 248 g/mol. The SMILES string of the molecule is CC(C)c1cc(C(F)F)c(O)c(C2CCCCN2)c1. The Morgan fingerprint density at radius 1 is 1.26 bits per heavy atom. The molecule has 1 saturated heterocycles. The molecular formula is C15H21F2NO. The van der Waals surface area contributed by atoms with Crippen molar-refractivity contribution in [1.29, 1.82) is 0 Å². The van der Waals surface area contributed by atoms with Gasteiger partial charge in [-0.15, -0.1) is 0 Å². The molecule has 2 nitrogen and oxygen atoms in total. The van der Waals surface area contributed by atoms with Crippen LogP contribution in [-0.4, -0.2) is 11.7 Å². The average molecular weight is 269 g/mol. The highest BCUT2D eigenvalue weighted by Crippen LogP contribution is 2.39. The molecule has 0 aromatic heterocycles. The number of benzene rings is 1. The molecule has 0 aliphatic carbocycles. The summed E-state index contributed by atoms with van der Waals surface area (Å²) in [5, 5.41) is 13.4. The maximum absolute atomic E-state index is 13.0. The van der Waals surface area contributed by atoms with Gasteiger partial charge in [0.2, 0.25) is 0 Å². The maximum Gasteiger partial charge on any atom is 0.267 e. The van der Waals surface area contributed by atoms with Gasteiger partial charge in [0.15, 0.2) is 0 Å². The number of hydrogen-bond donors (Lipinski definition) is 2. The number of rotatable bonds is 3. The van der Waals surface area contributed by atoms with Crippen LogP contribution in [0.25, 0.3) is 0 Å². The first-order valence-corrected chi connectivity index (χ1v) is 6.89. The van der Waals surface area contributed by atoms with E-state index in [0.717, 1.165) is 31.4 Å². The van der Waals surface area contributed by atoms with Crippen molar-refractivity contribution >= 4 is 0 Å². The maximum atomic E-state index is 13.0. The van der Waals surface area contributed by atoms with Gasteiger partial charge < -0.3 is 10.4 Å². The molecule has 4 heteroatoms. The third kappa shape index (κ3) is 3.06. The fourth-order valence-electron chi connectivity index (χ4n) is 2.59. The highest BCUT2D eigenvalue weighted by atomic mass is 19.3. The van der Waals surface area contributed by atoms with E-state index in [2.05, 4.69) is 5.32 Å². The summed E-state index contributed by atoms with van der Waals surface area (Å²) in [5.74, 6) is -0.0701. The number of piperidine rings is 1. The first kappa shape index (κ1) is 14.3. The topological polar surface area (TPSA) is 32.3 Å². The van der Waals surface area contributed by atoms with E-state index in [9.17, 15) is 13.9 Å². The molecule has 2 N–H and O–H groups in total. The van der Waals surface area contributed by atoms with Crippen molar-refractivity contribution in [2.75, 3.05) is 6.54 Å². The molecule has 1 atom stereocenters. The first-order chi connectivity index (χ1) is 9.00. The van der Waals surface area contributed by atoms with Crippen molar-refractivity contribution in [3.8, 4) is 5.75 Å². The van der Waals surface area contributed by atoms with Gasteiger partial charge >= 0.3 is 0 Å². The minimum absolute atomic E-state index is 0.00931. The third-order valence-electron chi connectivity index (χ3n) is 3.78. The smallest absolute Gasteiger partial charge is 0.267 e. The first-order valence-electron chi connectivity index (χ1n) is 6.89. The van der Waals surface area contributed by atoms with Crippen LogP contribution in [0.1, 0.15) is 68.2 Å². The lowest BCUT2D eigenvalue weighted by Gasteiger charge is -2.26. The van der Waals surface area contributed by atoms with Crippen LogP contribution in [0.5, 0.6) is 5.75 Å². The molecule has 2 rings (SSSR count). The Bertz CT molecular complexity index is 440. The van der Waals surface area contributed by atoms with Crippen LogP contribution >= 0.6 is 0 Å². The Hall–Kier alpha value is -1.16. The molecule has 1 unspecified atom stereocenters. The molecule has 1 fully saturated rings. The fraction of sp³-hybridized carbons (Fsp3) is 0.600. The monoisotopic (exact) mass is 269 g/mol. The van der Waals surface area contributed by atoms with Crippen molar-refractivity contribution in [3.05, 3.63) is 28.8 Å². The normalized spacial score (nSPS) is 20.2. The number of phenols is 1. The van der Waals surface area contributed by atoms with Crippen LogP contribution in [0, 0.1) is 0 Å².